The fourth-order valence-corrected chi connectivity index (χ4v) is 5.56. The van der Waals surface area contributed by atoms with Crippen molar-refractivity contribution in [2.24, 2.45) is 5.92 Å². The zero-order valence-corrected chi connectivity index (χ0v) is 24.5. The summed E-state index contributed by atoms with van der Waals surface area (Å²) in [5, 5.41) is 2.62. The van der Waals surface area contributed by atoms with E-state index < -0.39 is 29.6 Å². The molecule has 0 bridgehead atoms. The molecular formula is C29H37N3O5S2. The van der Waals surface area contributed by atoms with E-state index in [0.29, 0.717) is 25.1 Å². The lowest BCUT2D eigenvalue weighted by Crippen LogP contribution is -2.53. The van der Waals surface area contributed by atoms with Crippen LogP contribution >= 0.6 is 23.7 Å². The Balaban J connectivity index is 1.57. The molecule has 1 aliphatic heterocycles. The number of amides is 3. The third kappa shape index (κ3) is 9.93. The van der Waals surface area contributed by atoms with Gasteiger partial charge in [-0.1, -0.05) is 67.2 Å². The molecule has 2 N–H and O–H groups in total. The Kier molecular flexibility index (Phi) is 11.3. The first-order valence-corrected chi connectivity index (χ1v) is 14.9. The minimum atomic E-state index is -0.879. The highest BCUT2D eigenvalue weighted by atomic mass is 32.2. The van der Waals surface area contributed by atoms with Crippen molar-refractivity contribution in [3.05, 3.63) is 66.2 Å². The van der Waals surface area contributed by atoms with Crippen LogP contribution in [0.1, 0.15) is 46.1 Å². The molecule has 1 unspecified atom stereocenters. The van der Waals surface area contributed by atoms with E-state index in [9.17, 15) is 19.2 Å². The van der Waals surface area contributed by atoms with Crippen LogP contribution in [0.4, 0.5) is 4.79 Å². The molecule has 3 atom stereocenters. The molecule has 1 fully saturated rings. The molecule has 1 aliphatic rings. The summed E-state index contributed by atoms with van der Waals surface area (Å²) >= 11 is 2.26. The quantitative estimate of drug-likeness (QED) is 0.311. The average Bonchev–Trinajstić information content (AvgIpc) is 3.40. The number of carbonyl (C=O) groups excluding carboxylic acids is 4. The second-order valence-corrected chi connectivity index (χ2v) is 12.4. The summed E-state index contributed by atoms with van der Waals surface area (Å²) in [6.45, 7) is 7.56. The van der Waals surface area contributed by atoms with Gasteiger partial charge in [-0.05, 0) is 63.3 Å². The normalized spacial score (nSPS) is 16.7. The molecule has 0 saturated carbocycles. The first-order chi connectivity index (χ1) is 18.5. The van der Waals surface area contributed by atoms with Crippen LogP contribution in [0.15, 0.2) is 65.6 Å². The molecular weight excluding hydrogens is 534 g/mol. The molecule has 1 heterocycles. The van der Waals surface area contributed by atoms with Crippen LogP contribution < -0.4 is 10.0 Å². The lowest BCUT2D eigenvalue weighted by Gasteiger charge is -2.29. The summed E-state index contributed by atoms with van der Waals surface area (Å²) in [4.78, 5) is 54.3. The van der Waals surface area contributed by atoms with Crippen molar-refractivity contribution in [3.8, 4) is 0 Å². The molecule has 0 aromatic heterocycles. The number of ether oxygens (including phenoxy) is 1. The van der Waals surface area contributed by atoms with E-state index in [1.54, 1.807) is 32.6 Å². The number of hydrogen-bond donors (Lipinski definition) is 2. The SMILES string of the molecule is CC(CSC(=O)NSc1ccccc1)C(=O)N1CCC[C@H]1C(=O)N[C@@H](Cc1ccccc1)C(=O)OC(C)(C)C. The van der Waals surface area contributed by atoms with Crippen LogP contribution in [0.25, 0.3) is 0 Å². The van der Waals surface area contributed by atoms with E-state index in [0.717, 1.165) is 22.2 Å². The summed E-state index contributed by atoms with van der Waals surface area (Å²) in [6.07, 6.45) is 1.48. The standard InChI is InChI=1S/C29H37N3O5S2/c1-20(19-38-28(36)31-39-22-14-9-6-10-15-22)26(34)32-17-11-16-24(32)25(33)30-23(27(35)37-29(2,3)4)18-21-12-7-5-8-13-21/h5-10,12-15,20,23-24H,11,16-19H2,1-4H3,(H,30,33)(H,31,36)/t20?,23-,24-/m0/s1. The number of nitrogens with zero attached hydrogens (tertiary/aromatic N) is 1. The van der Waals surface area contributed by atoms with E-state index in [4.69, 9.17) is 4.74 Å². The summed E-state index contributed by atoms with van der Waals surface area (Å²) in [5.74, 6) is -1.23. The molecule has 1 saturated heterocycles. The zero-order chi connectivity index (χ0) is 28.4. The van der Waals surface area contributed by atoms with E-state index in [-0.39, 0.29) is 23.5 Å². The maximum Gasteiger partial charge on any atom is 0.329 e. The van der Waals surface area contributed by atoms with Crippen LogP contribution in [0.2, 0.25) is 0 Å². The van der Waals surface area contributed by atoms with Gasteiger partial charge < -0.3 is 15.0 Å². The van der Waals surface area contributed by atoms with Gasteiger partial charge in [-0.25, -0.2) is 4.79 Å². The first-order valence-electron chi connectivity index (χ1n) is 13.1. The molecule has 0 spiro atoms. The lowest BCUT2D eigenvalue weighted by molar-refractivity contribution is -0.159. The van der Waals surface area contributed by atoms with Crippen molar-refractivity contribution in [2.45, 2.75) is 69.5 Å². The fourth-order valence-electron chi connectivity index (χ4n) is 4.16. The Morgan fingerprint density at radius 1 is 1.03 bits per heavy atom. The Hall–Kier alpha value is -2.98. The summed E-state index contributed by atoms with van der Waals surface area (Å²) in [5.41, 5.74) is 0.188. The first kappa shape index (κ1) is 30.6. The molecule has 2 aromatic carbocycles. The molecule has 39 heavy (non-hydrogen) atoms. The van der Waals surface area contributed by atoms with Crippen LogP contribution in [-0.2, 0) is 25.5 Å². The maximum atomic E-state index is 13.4. The van der Waals surface area contributed by atoms with Gasteiger partial charge in [0.05, 0.1) is 0 Å². The minimum Gasteiger partial charge on any atom is -0.458 e. The zero-order valence-electron chi connectivity index (χ0n) is 22.8. The van der Waals surface area contributed by atoms with Crippen molar-refractivity contribution >= 4 is 46.7 Å². The Morgan fingerprint density at radius 2 is 1.67 bits per heavy atom. The Bertz CT molecular complexity index is 1120. The van der Waals surface area contributed by atoms with Gasteiger partial charge in [-0.3, -0.25) is 19.1 Å². The number of esters is 1. The van der Waals surface area contributed by atoms with Gasteiger partial charge >= 0.3 is 5.97 Å². The minimum absolute atomic E-state index is 0.180. The summed E-state index contributed by atoms with van der Waals surface area (Å²) in [6, 6.07) is 17.3. The highest BCUT2D eigenvalue weighted by Crippen LogP contribution is 2.23. The highest BCUT2D eigenvalue weighted by molar-refractivity contribution is 8.15. The molecule has 3 rings (SSSR count). The number of benzene rings is 2. The second-order valence-electron chi connectivity index (χ2n) is 10.5. The maximum absolute atomic E-state index is 13.4. The van der Waals surface area contributed by atoms with Crippen molar-refractivity contribution in [2.75, 3.05) is 12.3 Å². The van der Waals surface area contributed by atoms with Crippen molar-refractivity contribution < 1.29 is 23.9 Å². The highest BCUT2D eigenvalue weighted by Gasteiger charge is 2.38. The molecule has 0 aliphatic carbocycles. The van der Waals surface area contributed by atoms with Gasteiger partial charge in [0, 0.05) is 29.5 Å². The predicted octanol–water partition coefficient (Wildman–Crippen LogP) is 4.83. The number of nitrogens with one attached hydrogen (secondary N) is 2. The molecule has 8 nitrogen and oxygen atoms in total. The van der Waals surface area contributed by atoms with Gasteiger partial charge in [-0.2, -0.15) is 0 Å². The predicted molar refractivity (Wildman–Crippen MR) is 155 cm³/mol. The van der Waals surface area contributed by atoms with Gasteiger partial charge in [-0.15, -0.1) is 0 Å². The van der Waals surface area contributed by atoms with Crippen molar-refractivity contribution in [1.29, 1.82) is 0 Å². The third-order valence-electron chi connectivity index (χ3n) is 6.01. The topological polar surface area (TPSA) is 105 Å². The van der Waals surface area contributed by atoms with E-state index in [1.807, 2.05) is 60.7 Å². The molecule has 210 valence electrons. The van der Waals surface area contributed by atoms with Crippen LogP contribution in [0.5, 0.6) is 0 Å². The van der Waals surface area contributed by atoms with E-state index >= 15 is 0 Å². The van der Waals surface area contributed by atoms with Crippen LogP contribution in [0, 0.1) is 5.92 Å². The summed E-state index contributed by atoms with van der Waals surface area (Å²) < 4.78 is 8.34. The van der Waals surface area contributed by atoms with Gasteiger partial charge in [0.15, 0.2) is 0 Å². The molecule has 3 amide bonds. The Labute approximate surface area is 239 Å². The monoisotopic (exact) mass is 571 g/mol. The fraction of sp³-hybridized carbons (Fsp3) is 0.448. The number of likely N-dealkylation sites (tertiary alicyclic amines) is 1. The van der Waals surface area contributed by atoms with Gasteiger partial charge in [0.2, 0.25) is 11.8 Å². The van der Waals surface area contributed by atoms with Crippen LogP contribution in [0.3, 0.4) is 0 Å². The largest absolute Gasteiger partial charge is 0.458 e. The number of hydrogen-bond acceptors (Lipinski definition) is 7. The lowest BCUT2D eigenvalue weighted by atomic mass is 10.0. The molecule has 2 aromatic rings. The summed E-state index contributed by atoms with van der Waals surface area (Å²) in [7, 11) is 0. The third-order valence-corrected chi connectivity index (χ3v) is 7.97. The number of thioether (sulfide) groups is 1. The molecule has 0 radical (unpaired) electrons. The van der Waals surface area contributed by atoms with Gasteiger partial charge in [0.1, 0.15) is 17.7 Å². The van der Waals surface area contributed by atoms with Crippen molar-refractivity contribution in [1.82, 2.24) is 14.9 Å². The number of carbonyl (C=O) groups is 4. The Morgan fingerprint density at radius 3 is 2.31 bits per heavy atom. The van der Waals surface area contributed by atoms with E-state index in [2.05, 4.69) is 10.0 Å². The van der Waals surface area contributed by atoms with Crippen LogP contribution in [-0.4, -0.2) is 57.9 Å². The number of rotatable bonds is 10. The smallest absolute Gasteiger partial charge is 0.329 e. The van der Waals surface area contributed by atoms with E-state index in [1.165, 1.54) is 11.9 Å². The second kappa shape index (κ2) is 14.4. The van der Waals surface area contributed by atoms with Crippen molar-refractivity contribution in [3.63, 3.8) is 0 Å². The van der Waals surface area contributed by atoms with Gasteiger partial charge in [0.25, 0.3) is 5.24 Å². The molecule has 10 heteroatoms. The average molecular weight is 572 g/mol.